The Hall–Kier alpha value is -4.70. The average molecular weight is 537 g/mol. The van der Waals surface area contributed by atoms with E-state index in [4.69, 9.17) is 24.4 Å². The molecule has 40 heavy (non-hydrogen) atoms. The molecule has 1 aromatic heterocycles. The number of aryl methyl sites for hydroxylation is 2. The van der Waals surface area contributed by atoms with Gasteiger partial charge in [-0.3, -0.25) is 0 Å². The lowest BCUT2D eigenvalue weighted by Gasteiger charge is -2.28. The number of carbonyl (C=O) groups excluding carboxylic acids is 1. The van der Waals surface area contributed by atoms with E-state index in [0.717, 1.165) is 53.3 Å². The first-order valence-corrected chi connectivity index (χ1v) is 13.6. The zero-order chi connectivity index (χ0) is 28.2. The van der Waals surface area contributed by atoms with Gasteiger partial charge in [-0.1, -0.05) is 57.0 Å². The molecule has 0 aliphatic carbocycles. The number of nitrogens with zero attached hydrogens (tertiary/aromatic N) is 1. The van der Waals surface area contributed by atoms with E-state index in [0.29, 0.717) is 29.3 Å². The van der Waals surface area contributed by atoms with Crippen LogP contribution in [0.3, 0.4) is 0 Å². The van der Waals surface area contributed by atoms with E-state index in [1.165, 1.54) is 0 Å². The van der Waals surface area contributed by atoms with Gasteiger partial charge in [0.1, 0.15) is 34.5 Å². The highest BCUT2D eigenvalue weighted by molar-refractivity contribution is 5.97. The summed E-state index contributed by atoms with van der Waals surface area (Å²) in [5.74, 6) is 0.427. The Morgan fingerprint density at radius 2 is 1.88 bits per heavy atom. The Morgan fingerprint density at radius 3 is 2.65 bits per heavy atom. The van der Waals surface area contributed by atoms with Crippen LogP contribution in [0.5, 0.6) is 17.2 Å². The Morgan fingerprint density at radius 1 is 1.05 bits per heavy atom. The molecule has 1 aliphatic rings. The molecule has 0 saturated heterocycles. The van der Waals surface area contributed by atoms with Crippen molar-refractivity contribution in [3.05, 3.63) is 100 Å². The molecule has 1 atom stereocenters. The molecule has 0 bridgehead atoms. The van der Waals surface area contributed by atoms with Crippen molar-refractivity contribution in [3.63, 3.8) is 0 Å². The summed E-state index contributed by atoms with van der Waals surface area (Å²) in [5, 5.41) is 10.9. The molecule has 0 radical (unpaired) electrons. The highest BCUT2D eigenvalue weighted by Crippen LogP contribution is 2.46. The number of carbonyl (C=O) groups is 1. The maximum absolute atomic E-state index is 13.1. The van der Waals surface area contributed by atoms with E-state index in [1.807, 2.05) is 49.4 Å². The lowest BCUT2D eigenvalue weighted by atomic mass is 9.83. The van der Waals surface area contributed by atoms with Gasteiger partial charge in [0, 0.05) is 28.1 Å². The predicted octanol–water partition coefficient (Wildman–Crippen LogP) is 7.31. The van der Waals surface area contributed by atoms with Crippen molar-refractivity contribution in [2.75, 3.05) is 6.61 Å². The van der Waals surface area contributed by atoms with Crippen molar-refractivity contribution in [1.29, 1.82) is 5.26 Å². The van der Waals surface area contributed by atoms with Gasteiger partial charge < -0.3 is 24.4 Å². The quantitative estimate of drug-likeness (QED) is 0.136. The molecule has 3 aromatic carbocycles. The van der Waals surface area contributed by atoms with Gasteiger partial charge >= 0.3 is 5.97 Å². The molecular weight excluding hydrogens is 504 g/mol. The lowest BCUT2D eigenvalue weighted by molar-refractivity contribution is 0.0702. The Labute approximate surface area is 233 Å². The molecule has 0 saturated carbocycles. The molecule has 7 heteroatoms. The molecule has 2 N–H and O–H groups in total. The summed E-state index contributed by atoms with van der Waals surface area (Å²) in [7, 11) is 0. The summed E-state index contributed by atoms with van der Waals surface area (Å²) < 4.78 is 23.5. The van der Waals surface area contributed by atoms with E-state index >= 15 is 0 Å². The number of nitrogens with two attached hydrogens (primary N) is 1. The molecule has 2 heterocycles. The van der Waals surface area contributed by atoms with Crippen LogP contribution in [-0.2, 0) is 6.42 Å². The van der Waals surface area contributed by atoms with Gasteiger partial charge in [-0.15, -0.1) is 0 Å². The summed E-state index contributed by atoms with van der Waals surface area (Å²) in [5.41, 5.74) is 10.6. The van der Waals surface area contributed by atoms with Crippen molar-refractivity contribution < 1.29 is 23.4 Å². The molecule has 5 rings (SSSR count). The molecule has 204 valence electrons. The summed E-state index contributed by atoms with van der Waals surface area (Å²) >= 11 is 0. The van der Waals surface area contributed by atoms with Gasteiger partial charge in [-0.05, 0) is 49.6 Å². The Kier molecular flexibility index (Phi) is 7.79. The summed E-state index contributed by atoms with van der Waals surface area (Å²) in [6, 6.07) is 20.8. The zero-order valence-corrected chi connectivity index (χ0v) is 23.0. The third-order valence-corrected chi connectivity index (χ3v) is 7.23. The fraction of sp³-hybridized carbons (Fsp3) is 0.273. The largest absolute Gasteiger partial charge is 0.493 e. The van der Waals surface area contributed by atoms with Crippen LogP contribution < -0.4 is 19.9 Å². The Balaban J connectivity index is 1.45. The highest BCUT2D eigenvalue weighted by Gasteiger charge is 2.33. The summed E-state index contributed by atoms with van der Waals surface area (Å²) in [6.45, 7) is 6.65. The minimum atomic E-state index is -0.605. The van der Waals surface area contributed by atoms with E-state index in [1.54, 1.807) is 18.2 Å². The van der Waals surface area contributed by atoms with E-state index in [2.05, 4.69) is 19.9 Å². The van der Waals surface area contributed by atoms with Crippen molar-refractivity contribution in [3.8, 4) is 23.3 Å². The number of benzene rings is 3. The Bertz CT molecular complexity index is 1640. The SMILES string of the molecule is CCCCCOc1ccccc1C1C(C#N)=C(N)Oc2cc(OC(=O)c3oc4ccc(CC)cc4c3C)ccc21. The number of ether oxygens (including phenoxy) is 3. The van der Waals surface area contributed by atoms with Crippen LogP contribution in [-0.4, -0.2) is 12.6 Å². The van der Waals surface area contributed by atoms with E-state index < -0.39 is 11.9 Å². The number of rotatable bonds is 9. The standard InChI is InChI=1S/C33H32N2O5/c1-4-6-9-16-37-27-11-8-7-10-23(27)30-24-14-13-22(18-29(24)40-32(35)26(30)19-34)38-33(36)31-20(3)25-17-21(5-2)12-15-28(25)39-31/h7-8,10-15,17-18,30H,4-6,9,16,35H2,1-3H3. The highest BCUT2D eigenvalue weighted by atomic mass is 16.5. The number of para-hydroxylation sites is 1. The zero-order valence-electron chi connectivity index (χ0n) is 23.0. The third kappa shape index (κ3) is 5.13. The van der Waals surface area contributed by atoms with E-state index in [-0.39, 0.29) is 17.4 Å². The summed E-state index contributed by atoms with van der Waals surface area (Å²) in [4.78, 5) is 13.1. The van der Waals surface area contributed by atoms with E-state index in [9.17, 15) is 10.1 Å². The number of unbranched alkanes of at least 4 members (excludes halogenated alkanes) is 2. The normalized spacial score (nSPS) is 14.4. The number of nitriles is 1. The van der Waals surface area contributed by atoms with Crippen molar-refractivity contribution in [2.24, 2.45) is 5.73 Å². The van der Waals surface area contributed by atoms with Gasteiger partial charge in [0.05, 0.1) is 12.5 Å². The van der Waals surface area contributed by atoms with Gasteiger partial charge in [0.25, 0.3) is 0 Å². The predicted molar refractivity (Wildman–Crippen MR) is 152 cm³/mol. The second-order valence-corrected chi connectivity index (χ2v) is 9.85. The van der Waals surface area contributed by atoms with Crippen LogP contribution in [0.4, 0.5) is 0 Å². The molecule has 1 aliphatic heterocycles. The number of hydrogen-bond donors (Lipinski definition) is 1. The average Bonchev–Trinajstić information content (AvgIpc) is 3.30. The maximum atomic E-state index is 13.1. The first-order chi connectivity index (χ1) is 19.4. The molecule has 1 unspecified atom stereocenters. The van der Waals surface area contributed by atoms with Crippen molar-refractivity contribution in [1.82, 2.24) is 0 Å². The van der Waals surface area contributed by atoms with Gasteiger partial charge in [0.2, 0.25) is 11.6 Å². The van der Waals surface area contributed by atoms with Crippen molar-refractivity contribution >= 4 is 16.9 Å². The molecule has 7 nitrogen and oxygen atoms in total. The maximum Gasteiger partial charge on any atom is 0.379 e. The van der Waals surface area contributed by atoms with Crippen LogP contribution in [0.15, 0.2) is 76.5 Å². The monoisotopic (exact) mass is 536 g/mol. The van der Waals surface area contributed by atoms with Gasteiger partial charge in [0.15, 0.2) is 0 Å². The third-order valence-electron chi connectivity index (χ3n) is 7.23. The minimum absolute atomic E-state index is 0.00381. The van der Waals surface area contributed by atoms with Crippen LogP contribution in [0.1, 0.15) is 71.8 Å². The first-order valence-electron chi connectivity index (χ1n) is 13.6. The van der Waals surface area contributed by atoms with Crippen molar-refractivity contribution in [2.45, 2.75) is 52.4 Å². The van der Waals surface area contributed by atoms with Gasteiger partial charge in [-0.25, -0.2) is 4.79 Å². The number of fused-ring (bicyclic) bond motifs is 2. The van der Waals surface area contributed by atoms with Crippen LogP contribution in [0.2, 0.25) is 0 Å². The van der Waals surface area contributed by atoms with Crippen LogP contribution in [0.25, 0.3) is 11.0 Å². The first kappa shape index (κ1) is 26.9. The number of esters is 1. The minimum Gasteiger partial charge on any atom is -0.493 e. The van der Waals surface area contributed by atoms with Crippen LogP contribution in [0, 0.1) is 18.3 Å². The fourth-order valence-corrected chi connectivity index (χ4v) is 5.04. The number of allylic oxidation sites excluding steroid dienone is 1. The topological polar surface area (TPSA) is 108 Å². The van der Waals surface area contributed by atoms with Gasteiger partial charge in [-0.2, -0.15) is 5.26 Å². The number of hydrogen-bond acceptors (Lipinski definition) is 7. The second-order valence-electron chi connectivity index (χ2n) is 9.85. The molecule has 0 fully saturated rings. The fourth-order valence-electron chi connectivity index (χ4n) is 5.04. The molecule has 0 spiro atoms. The second kappa shape index (κ2) is 11.6. The summed E-state index contributed by atoms with van der Waals surface area (Å²) in [6.07, 6.45) is 4.00. The van der Waals surface area contributed by atoms with Crippen LogP contribution >= 0.6 is 0 Å². The smallest absolute Gasteiger partial charge is 0.379 e. The number of furan rings is 1. The molecule has 0 amide bonds. The molecular formula is C33H32N2O5. The molecule has 4 aromatic rings. The lowest BCUT2D eigenvalue weighted by Crippen LogP contribution is -2.21.